The van der Waals surface area contributed by atoms with Gasteiger partial charge in [-0.25, -0.2) is 4.98 Å². The van der Waals surface area contributed by atoms with Crippen LogP contribution in [-0.2, 0) is 0 Å². The molecule has 2 aromatic rings. The number of aryl methyl sites for hydroxylation is 1. The lowest BCUT2D eigenvalue weighted by Gasteiger charge is -2.04. The third-order valence-electron chi connectivity index (χ3n) is 1.85. The van der Waals surface area contributed by atoms with Crippen molar-refractivity contribution in [1.29, 1.82) is 0 Å². The highest BCUT2D eigenvalue weighted by atomic mass is 35.5. The number of nitrogens with zero attached hydrogens (tertiary/aromatic N) is 1. The number of nitrogens with two attached hydrogens (primary N) is 1. The number of thiazole rings is 1. The van der Waals surface area contributed by atoms with E-state index in [-0.39, 0.29) is 6.04 Å². The zero-order valence-electron chi connectivity index (χ0n) is 7.53. The molecule has 0 aliphatic rings. The Morgan fingerprint density at radius 2 is 2.14 bits per heavy atom. The summed E-state index contributed by atoms with van der Waals surface area (Å²) in [6.07, 6.45) is 1.83. The molecule has 14 heavy (non-hydrogen) atoms. The summed E-state index contributed by atoms with van der Waals surface area (Å²) < 4.78 is 0.775. The fourth-order valence-electron chi connectivity index (χ4n) is 1.16. The van der Waals surface area contributed by atoms with Crippen molar-refractivity contribution >= 4 is 34.3 Å². The lowest BCUT2D eigenvalue weighted by Crippen LogP contribution is -2.07. The number of thiophene rings is 1. The number of halogens is 1. The van der Waals surface area contributed by atoms with Gasteiger partial charge in [0.05, 0.1) is 15.4 Å². The summed E-state index contributed by atoms with van der Waals surface area (Å²) in [5.41, 5.74) is 6.07. The van der Waals surface area contributed by atoms with E-state index in [9.17, 15) is 0 Å². The summed E-state index contributed by atoms with van der Waals surface area (Å²) in [6.45, 7) is 1.97. The molecule has 5 heteroatoms. The van der Waals surface area contributed by atoms with E-state index in [1.165, 1.54) is 11.3 Å². The molecule has 0 spiro atoms. The molecule has 2 heterocycles. The van der Waals surface area contributed by atoms with Crippen LogP contribution in [0.25, 0.3) is 0 Å². The summed E-state index contributed by atoms with van der Waals surface area (Å²) in [5, 5.41) is 1.04. The zero-order chi connectivity index (χ0) is 10.1. The predicted octanol–water partition coefficient (Wildman–Crippen LogP) is 3.21. The molecule has 1 unspecified atom stereocenters. The first-order valence-electron chi connectivity index (χ1n) is 4.10. The van der Waals surface area contributed by atoms with Gasteiger partial charge in [-0.1, -0.05) is 11.6 Å². The van der Waals surface area contributed by atoms with Gasteiger partial charge in [0.1, 0.15) is 0 Å². The molecular weight excluding hydrogens is 236 g/mol. The molecule has 0 amide bonds. The minimum Gasteiger partial charge on any atom is -0.319 e. The molecule has 0 aliphatic carbocycles. The molecule has 0 saturated heterocycles. The van der Waals surface area contributed by atoms with E-state index in [0.29, 0.717) is 0 Å². The largest absolute Gasteiger partial charge is 0.319 e. The van der Waals surface area contributed by atoms with Crippen LogP contribution >= 0.6 is 34.3 Å². The molecule has 0 aliphatic heterocycles. The van der Waals surface area contributed by atoms with Crippen molar-refractivity contribution in [1.82, 2.24) is 4.98 Å². The van der Waals surface area contributed by atoms with Crippen LogP contribution in [0.4, 0.5) is 0 Å². The van der Waals surface area contributed by atoms with Crippen molar-refractivity contribution in [3.63, 3.8) is 0 Å². The van der Waals surface area contributed by atoms with E-state index in [4.69, 9.17) is 17.3 Å². The van der Waals surface area contributed by atoms with Gasteiger partial charge in [-0.2, -0.15) is 0 Å². The Kier molecular flexibility index (Phi) is 2.88. The first-order valence-corrected chi connectivity index (χ1v) is 6.11. The van der Waals surface area contributed by atoms with Gasteiger partial charge in [0.25, 0.3) is 0 Å². The third kappa shape index (κ3) is 1.98. The number of rotatable bonds is 2. The Labute approximate surface area is 95.4 Å². The zero-order valence-corrected chi connectivity index (χ0v) is 9.92. The molecule has 0 radical (unpaired) electrons. The maximum Gasteiger partial charge on any atom is 0.0931 e. The van der Waals surface area contributed by atoms with Crippen LogP contribution in [0.1, 0.15) is 20.8 Å². The molecule has 0 aromatic carbocycles. The molecule has 2 N–H and O–H groups in total. The van der Waals surface area contributed by atoms with Crippen LogP contribution in [0.15, 0.2) is 18.3 Å². The van der Waals surface area contributed by atoms with Crippen LogP contribution in [0.3, 0.4) is 0 Å². The first kappa shape index (κ1) is 10.1. The second-order valence-corrected chi connectivity index (χ2v) is 5.91. The fourth-order valence-corrected chi connectivity index (χ4v) is 3.12. The van der Waals surface area contributed by atoms with Crippen LogP contribution in [0.2, 0.25) is 4.34 Å². The molecule has 0 fully saturated rings. The van der Waals surface area contributed by atoms with E-state index < -0.39 is 0 Å². The Bertz CT molecular complexity index is 395. The second kappa shape index (κ2) is 3.98. The van der Waals surface area contributed by atoms with E-state index in [2.05, 4.69) is 4.98 Å². The van der Waals surface area contributed by atoms with Gasteiger partial charge in [0, 0.05) is 16.0 Å². The Morgan fingerprint density at radius 1 is 1.36 bits per heavy atom. The number of hydrogen-bond acceptors (Lipinski definition) is 4. The van der Waals surface area contributed by atoms with Gasteiger partial charge >= 0.3 is 0 Å². The Hall–Kier alpha value is -0.420. The van der Waals surface area contributed by atoms with E-state index in [1.54, 1.807) is 11.3 Å². The summed E-state index contributed by atoms with van der Waals surface area (Å²) in [4.78, 5) is 6.35. The quantitative estimate of drug-likeness (QED) is 0.881. The molecule has 2 aromatic heterocycles. The predicted molar refractivity (Wildman–Crippen MR) is 62.2 cm³/mol. The number of hydrogen-bond donors (Lipinski definition) is 1. The van der Waals surface area contributed by atoms with Crippen molar-refractivity contribution in [3.8, 4) is 0 Å². The minimum absolute atomic E-state index is 0.0845. The summed E-state index contributed by atoms with van der Waals surface area (Å²) in [6, 6.07) is 3.75. The minimum atomic E-state index is -0.0845. The lowest BCUT2D eigenvalue weighted by molar-refractivity contribution is 0.912. The lowest BCUT2D eigenvalue weighted by atomic mass is 10.2. The maximum absolute atomic E-state index is 6.07. The summed E-state index contributed by atoms with van der Waals surface area (Å²) >= 11 is 8.99. The van der Waals surface area contributed by atoms with Gasteiger partial charge in [-0.05, 0) is 19.1 Å². The van der Waals surface area contributed by atoms with Gasteiger partial charge in [-0.15, -0.1) is 22.7 Å². The maximum atomic E-state index is 6.07. The topological polar surface area (TPSA) is 38.9 Å². The molecule has 2 nitrogen and oxygen atoms in total. The van der Waals surface area contributed by atoms with Crippen LogP contribution < -0.4 is 5.73 Å². The van der Waals surface area contributed by atoms with Crippen molar-refractivity contribution in [2.24, 2.45) is 5.73 Å². The molecule has 1 atom stereocenters. The SMILES string of the molecule is Cc1ncc(C(N)c2ccc(Cl)s2)s1. The van der Waals surface area contributed by atoms with Crippen molar-refractivity contribution < 1.29 is 0 Å². The highest BCUT2D eigenvalue weighted by Gasteiger charge is 2.13. The molecule has 0 saturated carbocycles. The Balaban J connectivity index is 2.28. The average molecular weight is 245 g/mol. The average Bonchev–Trinajstić information content (AvgIpc) is 2.73. The third-order valence-corrected chi connectivity index (χ3v) is 4.16. The van der Waals surface area contributed by atoms with Crippen LogP contribution in [-0.4, -0.2) is 4.98 Å². The molecule has 2 rings (SSSR count). The molecular formula is C9H9ClN2S2. The summed E-state index contributed by atoms with van der Waals surface area (Å²) in [7, 11) is 0. The fraction of sp³-hybridized carbons (Fsp3) is 0.222. The second-order valence-electron chi connectivity index (χ2n) is 2.90. The van der Waals surface area contributed by atoms with Gasteiger partial charge in [0.15, 0.2) is 0 Å². The van der Waals surface area contributed by atoms with Crippen LogP contribution in [0, 0.1) is 6.92 Å². The first-order chi connectivity index (χ1) is 6.66. The molecule has 74 valence electrons. The smallest absolute Gasteiger partial charge is 0.0931 e. The Morgan fingerprint density at radius 3 is 2.64 bits per heavy atom. The highest BCUT2D eigenvalue weighted by Crippen LogP contribution is 2.31. The van der Waals surface area contributed by atoms with E-state index >= 15 is 0 Å². The van der Waals surface area contributed by atoms with Crippen LogP contribution in [0.5, 0.6) is 0 Å². The summed E-state index contributed by atoms with van der Waals surface area (Å²) in [5.74, 6) is 0. The normalized spacial score (nSPS) is 13.1. The van der Waals surface area contributed by atoms with Crippen molar-refractivity contribution in [2.45, 2.75) is 13.0 Å². The highest BCUT2D eigenvalue weighted by molar-refractivity contribution is 7.16. The van der Waals surface area contributed by atoms with E-state index in [0.717, 1.165) is 19.1 Å². The van der Waals surface area contributed by atoms with Gasteiger partial charge < -0.3 is 5.73 Å². The molecule has 0 bridgehead atoms. The number of aromatic nitrogens is 1. The monoisotopic (exact) mass is 244 g/mol. The van der Waals surface area contributed by atoms with Crippen molar-refractivity contribution in [3.05, 3.63) is 37.4 Å². The standard InChI is InChI=1S/C9H9ClN2S2/c1-5-12-4-7(13-5)9(11)6-2-3-8(10)14-6/h2-4,9H,11H2,1H3. The van der Waals surface area contributed by atoms with Crippen molar-refractivity contribution in [2.75, 3.05) is 0 Å². The van der Waals surface area contributed by atoms with Gasteiger partial charge in [-0.3, -0.25) is 0 Å². The van der Waals surface area contributed by atoms with E-state index in [1.807, 2.05) is 25.3 Å². The van der Waals surface area contributed by atoms with Gasteiger partial charge in [0.2, 0.25) is 0 Å².